The predicted molar refractivity (Wildman–Crippen MR) is 108 cm³/mol. The number of amides is 3. The summed E-state index contributed by atoms with van der Waals surface area (Å²) in [5.74, 6) is 0.978. The summed E-state index contributed by atoms with van der Waals surface area (Å²) in [5.41, 5.74) is 2.20. The van der Waals surface area contributed by atoms with Crippen molar-refractivity contribution in [3.63, 3.8) is 0 Å². The van der Waals surface area contributed by atoms with Gasteiger partial charge in [-0.1, -0.05) is 30.3 Å². The second-order valence-corrected chi connectivity index (χ2v) is 7.66. The van der Waals surface area contributed by atoms with E-state index < -0.39 is 12.2 Å². The molecule has 0 aromatic heterocycles. The first-order valence-corrected chi connectivity index (χ1v) is 10.1. The third-order valence-corrected chi connectivity index (χ3v) is 5.67. The Morgan fingerprint density at radius 3 is 2.57 bits per heavy atom. The molecular weight excluding hydrogens is 378 g/mol. The van der Waals surface area contributed by atoms with E-state index in [1.165, 1.54) is 10.5 Å². The van der Waals surface area contributed by atoms with Gasteiger partial charge in [0.25, 0.3) is 5.91 Å². The normalized spacial score (nSPS) is 23.8. The zero-order valence-corrected chi connectivity index (χ0v) is 16.8. The number of likely N-dealkylation sites (N-methyl/N-ethyl adjacent to an activating group) is 1. The van der Waals surface area contributed by atoms with Gasteiger partial charge >= 0.3 is 6.03 Å². The lowest BCUT2D eigenvalue weighted by molar-refractivity contribution is -0.136. The predicted octanol–water partition coefficient (Wildman–Crippen LogP) is 2.30. The van der Waals surface area contributed by atoms with Crippen LogP contribution < -0.4 is 0 Å². The Hall–Kier alpha value is -2.54. The second kappa shape index (κ2) is 7.47. The van der Waals surface area contributed by atoms with Crippen LogP contribution in [0.25, 0.3) is 0 Å². The van der Waals surface area contributed by atoms with Crippen LogP contribution in [0.1, 0.15) is 18.9 Å². The van der Waals surface area contributed by atoms with E-state index in [0.29, 0.717) is 24.9 Å². The maximum Gasteiger partial charge on any atom is 0.328 e. The van der Waals surface area contributed by atoms with E-state index in [1.807, 2.05) is 41.1 Å². The van der Waals surface area contributed by atoms with Crippen LogP contribution in [0.4, 0.5) is 4.79 Å². The number of guanidine groups is 1. The standard InChI is InChI=1S/C20H24ClN5O2/c1-14-13-26-16-17(22-19(26)24(14)12-10-21)23(2)20(28)25(18(16)27)11-6-9-15-7-4-3-5-8-15/h3-5,7-8,13,16-17H,6,9-12H2,1-2H3. The number of hydrogen-bond acceptors (Lipinski definition) is 5. The zero-order chi connectivity index (χ0) is 19.8. The minimum absolute atomic E-state index is 0.184. The zero-order valence-electron chi connectivity index (χ0n) is 16.1. The lowest BCUT2D eigenvalue weighted by atomic mass is 10.1. The first-order valence-electron chi connectivity index (χ1n) is 9.53. The van der Waals surface area contributed by atoms with Crippen molar-refractivity contribution in [2.45, 2.75) is 32.0 Å². The van der Waals surface area contributed by atoms with Crippen LogP contribution in [0.5, 0.6) is 0 Å². The number of urea groups is 1. The van der Waals surface area contributed by atoms with Gasteiger partial charge in [0.15, 0.2) is 12.2 Å². The number of carbonyl (C=O) groups excluding carboxylic acids is 2. The quantitative estimate of drug-likeness (QED) is 0.686. The third-order valence-electron chi connectivity index (χ3n) is 5.50. The van der Waals surface area contributed by atoms with Crippen molar-refractivity contribution in [2.24, 2.45) is 4.99 Å². The van der Waals surface area contributed by atoms with Gasteiger partial charge in [-0.05, 0) is 25.3 Å². The average Bonchev–Trinajstić information content (AvgIpc) is 3.20. The van der Waals surface area contributed by atoms with E-state index in [0.717, 1.165) is 18.5 Å². The first-order chi connectivity index (χ1) is 13.5. The summed E-state index contributed by atoms with van der Waals surface area (Å²) < 4.78 is 0. The second-order valence-electron chi connectivity index (χ2n) is 7.28. The smallest absolute Gasteiger partial charge is 0.314 e. The highest BCUT2D eigenvalue weighted by molar-refractivity contribution is 6.18. The fraction of sp³-hybridized carbons (Fsp3) is 0.450. The molecule has 0 N–H and O–H groups in total. The van der Waals surface area contributed by atoms with Crippen molar-refractivity contribution in [3.8, 4) is 0 Å². The molecule has 0 radical (unpaired) electrons. The van der Waals surface area contributed by atoms with Crippen LogP contribution in [0.3, 0.4) is 0 Å². The molecule has 148 valence electrons. The Bertz CT molecular complexity index is 840. The van der Waals surface area contributed by atoms with Crippen molar-refractivity contribution < 1.29 is 9.59 Å². The van der Waals surface area contributed by atoms with Gasteiger partial charge in [-0.15, -0.1) is 11.6 Å². The number of aliphatic imine (C=N–C) groups is 1. The minimum atomic E-state index is -0.510. The van der Waals surface area contributed by atoms with E-state index in [9.17, 15) is 9.59 Å². The van der Waals surface area contributed by atoms with E-state index in [2.05, 4.69) is 17.1 Å². The Kier molecular flexibility index (Phi) is 5.02. The van der Waals surface area contributed by atoms with E-state index >= 15 is 0 Å². The number of benzene rings is 1. The van der Waals surface area contributed by atoms with Crippen molar-refractivity contribution in [3.05, 3.63) is 47.8 Å². The van der Waals surface area contributed by atoms with E-state index in [1.54, 1.807) is 11.9 Å². The highest BCUT2D eigenvalue weighted by Crippen LogP contribution is 2.33. The molecule has 0 saturated carbocycles. The van der Waals surface area contributed by atoms with Gasteiger partial charge in [-0.3, -0.25) is 9.69 Å². The van der Waals surface area contributed by atoms with Crippen LogP contribution in [0.15, 0.2) is 47.2 Å². The molecule has 3 heterocycles. The summed E-state index contributed by atoms with van der Waals surface area (Å²) in [6, 6.07) is 9.30. The molecule has 3 aliphatic rings. The largest absolute Gasteiger partial charge is 0.328 e. The summed E-state index contributed by atoms with van der Waals surface area (Å²) >= 11 is 5.92. The van der Waals surface area contributed by atoms with Gasteiger partial charge in [0, 0.05) is 37.9 Å². The van der Waals surface area contributed by atoms with E-state index in [-0.39, 0.29) is 11.9 Å². The molecule has 0 spiro atoms. The summed E-state index contributed by atoms with van der Waals surface area (Å²) in [5, 5.41) is 0. The highest BCUT2D eigenvalue weighted by atomic mass is 35.5. The maximum atomic E-state index is 13.2. The van der Waals surface area contributed by atoms with Crippen molar-refractivity contribution in [1.82, 2.24) is 19.6 Å². The minimum Gasteiger partial charge on any atom is -0.314 e. The lowest BCUT2D eigenvalue weighted by Crippen LogP contribution is -2.64. The molecule has 28 heavy (non-hydrogen) atoms. The number of hydrogen-bond donors (Lipinski definition) is 0. The lowest BCUT2D eigenvalue weighted by Gasteiger charge is -2.40. The van der Waals surface area contributed by atoms with Crippen LogP contribution in [-0.2, 0) is 11.2 Å². The third kappa shape index (κ3) is 3.03. The molecule has 1 fully saturated rings. The number of rotatable bonds is 6. The summed E-state index contributed by atoms with van der Waals surface area (Å²) in [6.45, 7) is 2.99. The number of carbonyl (C=O) groups is 2. The Balaban J connectivity index is 1.50. The van der Waals surface area contributed by atoms with Crippen LogP contribution in [0.2, 0.25) is 0 Å². The summed E-state index contributed by atoms with van der Waals surface area (Å²) in [4.78, 5) is 37.5. The summed E-state index contributed by atoms with van der Waals surface area (Å²) in [7, 11) is 1.71. The van der Waals surface area contributed by atoms with Gasteiger partial charge in [0.05, 0.1) is 0 Å². The number of nitrogens with zero attached hydrogens (tertiary/aromatic N) is 5. The van der Waals surface area contributed by atoms with Gasteiger partial charge < -0.3 is 14.7 Å². The molecule has 3 aliphatic heterocycles. The number of imide groups is 1. The average molecular weight is 402 g/mol. The van der Waals surface area contributed by atoms with Crippen LogP contribution in [0, 0.1) is 0 Å². The number of allylic oxidation sites excluding steroid dienone is 1. The molecule has 4 rings (SSSR count). The van der Waals surface area contributed by atoms with Gasteiger partial charge in [-0.2, -0.15) is 0 Å². The fourth-order valence-electron chi connectivity index (χ4n) is 4.05. The fourth-order valence-corrected chi connectivity index (χ4v) is 4.22. The molecule has 1 saturated heterocycles. The van der Waals surface area contributed by atoms with Crippen molar-refractivity contribution >= 4 is 29.5 Å². The Morgan fingerprint density at radius 2 is 1.86 bits per heavy atom. The van der Waals surface area contributed by atoms with Crippen LogP contribution in [-0.4, -0.2) is 75.7 Å². The van der Waals surface area contributed by atoms with Crippen LogP contribution >= 0.6 is 11.6 Å². The topological polar surface area (TPSA) is 59.5 Å². The van der Waals surface area contributed by atoms with Gasteiger partial charge in [-0.25, -0.2) is 9.79 Å². The number of fused-ring (bicyclic) bond motifs is 3. The molecule has 3 amide bonds. The molecule has 0 aliphatic carbocycles. The molecule has 7 nitrogen and oxygen atoms in total. The van der Waals surface area contributed by atoms with Crippen molar-refractivity contribution in [1.29, 1.82) is 0 Å². The summed E-state index contributed by atoms with van der Waals surface area (Å²) in [6.07, 6.45) is 2.99. The molecule has 0 bridgehead atoms. The number of halogens is 1. The first kappa shape index (κ1) is 18.8. The maximum absolute atomic E-state index is 13.2. The Morgan fingerprint density at radius 1 is 1.11 bits per heavy atom. The van der Waals surface area contributed by atoms with Gasteiger partial charge in [0.1, 0.15) is 0 Å². The monoisotopic (exact) mass is 401 g/mol. The molecular formula is C20H24ClN5O2. The Labute approximate surface area is 169 Å². The van der Waals surface area contributed by atoms with Crippen molar-refractivity contribution in [2.75, 3.05) is 26.0 Å². The number of alkyl halides is 1. The molecule has 1 aromatic carbocycles. The molecule has 8 heteroatoms. The highest BCUT2D eigenvalue weighted by Gasteiger charge is 2.53. The van der Waals surface area contributed by atoms with E-state index in [4.69, 9.17) is 11.6 Å². The van der Waals surface area contributed by atoms with Gasteiger partial charge in [0.2, 0.25) is 5.96 Å². The molecule has 2 unspecified atom stereocenters. The molecule has 2 atom stereocenters. The SMILES string of the molecule is CC1=CN2C(=NC3C2C(=O)N(CCCc2ccccc2)C(=O)N3C)N1CCCl. The molecule has 1 aromatic rings. The number of aryl methyl sites for hydroxylation is 1.